The van der Waals surface area contributed by atoms with Gasteiger partial charge in [-0.25, -0.2) is 0 Å². The standard InChI is InChI=1S/C8H16BO4P/c1-14(11,12)13-8-4-7(9)3-2-6(8)5-10/h6-8,10H,2-5H2,1H3,(H,11,12). The topological polar surface area (TPSA) is 66.8 Å². The fourth-order valence-electron chi connectivity index (χ4n) is 1.81. The fraction of sp³-hybridized carbons (Fsp3) is 1.00. The van der Waals surface area contributed by atoms with Crippen LogP contribution in [0.2, 0.25) is 5.82 Å². The highest BCUT2D eigenvalue weighted by Gasteiger charge is 2.32. The van der Waals surface area contributed by atoms with Gasteiger partial charge in [0.1, 0.15) is 0 Å². The lowest BCUT2D eigenvalue weighted by atomic mass is 9.71. The molecule has 0 aliphatic heterocycles. The summed E-state index contributed by atoms with van der Waals surface area (Å²) in [5, 5.41) is 9.05. The molecule has 4 unspecified atom stereocenters. The summed E-state index contributed by atoms with van der Waals surface area (Å²) in [7, 11) is 2.25. The maximum Gasteiger partial charge on any atom is 0.325 e. The molecule has 1 fully saturated rings. The first kappa shape index (κ1) is 12.2. The van der Waals surface area contributed by atoms with Crippen molar-refractivity contribution >= 4 is 15.4 Å². The van der Waals surface area contributed by atoms with Gasteiger partial charge in [-0.05, 0) is 12.8 Å². The Labute approximate surface area is 85.6 Å². The van der Waals surface area contributed by atoms with Crippen LogP contribution >= 0.6 is 7.60 Å². The third-order valence-corrected chi connectivity index (χ3v) is 3.20. The van der Waals surface area contributed by atoms with E-state index >= 15 is 0 Å². The lowest BCUT2D eigenvalue weighted by Crippen LogP contribution is -2.31. The van der Waals surface area contributed by atoms with Crippen LogP contribution in [0.15, 0.2) is 0 Å². The van der Waals surface area contributed by atoms with Crippen molar-refractivity contribution < 1.29 is 19.1 Å². The van der Waals surface area contributed by atoms with E-state index in [0.29, 0.717) is 6.42 Å². The Morgan fingerprint density at radius 1 is 1.57 bits per heavy atom. The van der Waals surface area contributed by atoms with Crippen molar-refractivity contribution in [3.05, 3.63) is 0 Å². The maximum absolute atomic E-state index is 11.1. The van der Waals surface area contributed by atoms with E-state index in [2.05, 4.69) is 0 Å². The van der Waals surface area contributed by atoms with E-state index in [4.69, 9.17) is 22.4 Å². The van der Waals surface area contributed by atoms with E-state index < -0.39 is 7.60 Å². The number of aliphatic hydroxyl groups excluding tert-OH is 1. The van der Waals surface area contributed by atoms with E-state index in [-0.39, 0.29) is 24.4 Å². The summed E-state index contributed by atoms with van der Waals surface area (Å²) in [6.45, 7) is 1.14. The van der Waals surface area contributed by atoms with Crippen LogP contribution in [0.5, 0.6) is 0 Å². The molecule has 0 aromatic heterocycles. The number of aliphatic hydroxyl groups is 1. The smallest absolute Gasteiger partial charge is 0.325 e. The van der Waals surface area contributed by atoms with Crippen LogP contribution in [0.1, 0.15) is 19.3 Å². The van der Waals surface area contributed by atoms with Gasteiger partial charge in [0, 0.05) is 19.2 Å². The van der Waals surface area contributed by atoms with Gasteiger partial charge in [-0.15, -0.1) is 0 Å². The average molecular weight is 218 g/mol. The molecule has 1 aliphatic carbocycles. The molecular formula is C8H16BO4P. The summed E-state index contributed by atoms with van der Waals surface area (Å²) in [4.78, 5) is 9.08. The molecule has 1 aliphatic rings. The summed E-state index contributed by atoms with van der Waals surface area (Å²) in [5.74, 6) is -0.0513. The van der Waals surface area contributed by atoms with Gasteiger partial charge in [-0.2, -0.15) is 0 Å². The summed E-state index contributed by atoms with van der Waals surface area (Å²) in [6, 6.07) is 0. The van der Waals surface area contributed by atoms with Crippen LogP contribution in [-0.4, -0.2) is 37.2 Å². The minimum Gasteiger partial charge on any atom is -0.396 e. The van der Waals surface area contributed by atoms with E-state index in [1.54, 1.807) is 0 Å². The minimum atomic E-state index is -3.48. The number of hydrogen-bond acceptors (Lipinski definition) is 3. The zero-order valence-electron chi connectivity index (χ0n) is 8.30. The monoisotopic (exact) mass is 218 g/mol. The molecular weight excluding hydrogens is 202 g/mol. The van der Waals surface area contributed by atoms with Crippen LogP contribution in [-0.2, 0) is 9.09 Å². The Balaban J connectivity index is 2.57. The van der Waals surface area contributed by atoms with Gasteiger partial charge in [0.25, 0.3) is 0 Å². The van der Waals surface area contributed by atoms with Gasteiger partial charge < -0.3 is 14.5 Å². The Morgan fingerprint density at radius 2 is 2.21 bits per heavy atom. The van der Waals surface area contributed by atoms with E-state index in [0.717, 1.165) is 19.5 Å². The molecule has 0 aromatic rings. The molecule has 14 heavy (non-hydrogen) atoms. The van der Waals surface area contributed by atoms with E-state index in [1.165, 1.54) is 0 Å². The van der Waals surface area contributed by atoms with Crippen molar-refractivity contribution in [1.29, 1.82) is 0 Å². The molecule has 0 aromatic carbocycles. The van der Waals surface area contributed by atoms with Crippen molar-refractivity contribution in [3.63, 3.8) is 0 Å². The molecule has 2 radical (unpaired) electrons. The fourth-order valence-corrected chi connectivity index (χ4v) is 2.57. The highest BCUT2D eigenvalue weighted by Crippen LogP contribution is 2.44. The van der Waals surface area contributed by atoms with E-state index in [9.17, 15) is 4.57 Å². The van der Waals surface area contributed by atoms with Gasteiger partial charge >= 0.3 is 7.60 Å². The Morgan fingerprint density at radius 3 is 2.71 bits per heavy atom. The molecule has 0 saturated heterocycles. The average Bonchev–Trinajstić information content (AvgIpc) is 2.01. The van der Waals surface area contributed by atoms with Crippen LogP contribution < -0.4 is 0 Å². The third kappa shape index (κ3) is 3.74. The predicted octanol–water partition coefficient (Wildman–Crippen LogP) is 0.936. The lowest BCUT2D eigenvalue weighted by Gasteiger charge is -2.34. The van der Waals surface area contributed by atoms with Crippen LogP contribution in [0.3, 0.4) is 0 Å². The molecule has 1 rings (SSSR count). The largest absolute Gasteiger partial charge is 0.396 e. The Hall–Kier alpha value is 0.175. The Bertz CT molecular complexity index is 229. The van der Waals surface area contributed by atoms with Crippen LogP contribution in [0.25, 0.3) is 0 Å². The number of rotatable bonds is 3. The molecule has 0 bridgehead atoms. The molecule has 0 heterocycles. The summed E-state index contributed by atoms with van der Waals surface area (Å²) in [6.07, 6.45) is 1.75. The van der Waals surface area contributed by atoms with Crippen LogP contribution in [0, 0.1) is 5.92 Å². The van der Waals surface area contributed by atoms with Gasteiger partial charge in [-0.3, -0.25) is 4.57 Å². The van der Waals surface area contributed by atoms with Crippen LogP contribution in [0.4, 0.5) is 0 Å². The van der Waals surface area contributed by atoms with Gasteiger partial charge in [0.05, 0.1) is 14.0 Å². The van der Waals surface area contributed by atoms with Gasteiger partial charge in [0.2, 0.25) is 0 Å². The third-order valence-electron chi connectivity index (χ3n) is 2.53. The molecule has 0 spiro atoms. The lowest BCUT2D eigenvalue weighted by molar-refractivity contribution is 0.0476. The van der Waals surface area contributed by atoms with Crippen molar-refractivity contribution in [2.45, 2.75) is 31.2 Å². The Kier molecular flexibility index (Phi) is 4.20. The maximum atomic E-state index is 11.1. The molecule has 4 nitrogen and oxygen atoms in total. The first-order valence-electron chi connectivity index (χ1n) is 4.77. The number of hydrogen-bond donors (Lipinski definition) is 2. The molecule has 0 amide bonds. The molecule has 80 valence electrons. The molecule has 4 atom stereocenters. The normalized spacial score (nSPS) is 37.8. The van der Waals surface area contributed by atoms with Crippen molar-refractivity contribution in [2.75, 3.05) is 13.3 Å². The van der Waals surface area contributed by atoms with E-state index in [1.807, 2.05) is 0 Å². The second kappa shape index (κ2) is 4.80. The first-order chi connectivity index (χ1) is 6.42. The van der Waals surface area contributed by atoms with Crippen molar-refractivity contribution in [2.24, 2.45) is 5.92 Å². The summed E-state index contributed by atoms with van der Waals surface area (Å²) >= 11 is 0. The molecule has 2 N–H and O–H groups in total. The SMILES string of the molecule is [B]C1CCC(CO)C(OP(C)(=O)O)C1. The quantitative estimate of drug-likeness (QED) is 0.546. The predicted molar refractivity (Wildman–Crippen MR) is 54.6 cm³/mol. The molecule has 1 saturated carbocycles. The van der Waals surface area contributed by atoms with Crippen molar-refractivity contribution in [1.82, 2.24) is 0 Å². The minimum absolute atomic E-state index is 0.00866. The van der Waals surface area contributed by atoms with Gasteiger partial charge in [-0.1, -0.05) is 12.2 Å². The van der Waals surface area contributed by atoms with Gasteiger partial charge in [0.15, 0.2) is 0 Å². The summed E-state index contributed by atoms with van der Waals surface area (Å²) < 4.78 is 16.1. The summed E-state index contributed by atoms with van der Waals surface area (Å²) in [5.41, 5.74) is 0. The second-order valence-corrected chi connectivity index (χ2v) is 5.78. The zero-order chi connectivity index (χ0) is 10.8. The second-order valence-electron chi connectivity index (χ2n) is 3.96. The zero-order valence-corrected chi connectivity index (χ0v) is 9.19. The molecule has 6 heteroatoms. The highest BCUT2D eigenvalue weighted by molar-refractivity contribution is 7.51. The van der Waals surface area contributed by atoms with Crippen molar-refractivity contribution in [3.8, 4) is 0 Å². The first-order valence-corrected chi connectivity index (χ1v) is 6.80. The highest BCUT2D eigenvalue weighted by atomic mass is 31.2.